The van der Waals surface area contributed by atoms with Crippen molar-refractivity contribution >= 4 is 23.2 Å². The van der Waals surface area contributed by atoms with Gasteiger partial charge in [0, 0.05) is 24.4 Å². The maximum Gasteiger partial charge on any atom is 0.253 e. The van der Waals surface area contributed by atoms with Crippen LogP contribution in [0.1, 0.15) is 20.8 Å². The molecule has 0 heterocycles. The molecule has 0 aliphatic carbocycles. The highest BCUT2D eigenvalue weighted by atomic mass is 16.5. The van der Waals surface area contributed by atoms with Crippen LogP contribution in [0.4, 0.5) is 11.4 Å². The van der Waals surface area contributed by atoms with Gasteiger partial charge in [0.15, 0.2) is 0 Å². The number of hydrogen-bond acceptors (Lipinski definition) is 3. The van der Waals surface area contributed by atoms with Crippen molar-refractivity contribution in [1.82, 2.24) is 0 Å². The number of hydrogen-bond donors (Lipinski definition) is 2. The molecule has 1 rings (SSSR count). The minimum absolute atomic E-state index is 0.0372. The third kappa shape index (κ3) is 4.71. The summed E-state index contributed by atoms with van der Waals surface area (Å²) >= 11 is 0. The summed E-state index contributed by atoms with van der Waals surface area (Å²) in [5.41, 5.74) is 1.37. The lowest BCUT2D eigenvalue weighted by Crippen LogP contribution is -2.26. The van der Waals surface area contributed by atoms with E-state index in [-0.39, 0.29) is 17.7 Å². The van der Waals surface area contributed by atoms with Crippen molar-refractivity contribution in [1.29, 1.82) is 0 Å². The maximum absolute atomic E-state index is 11.6. The summed E-state index contributed by atoms with van der Waals surface area (Å²) in [5.74, 6) is -0.312. The highest BCUT2D eigenvalue weighted by Gasteiger charge is 2.11. The maximum atomic E-state index is 11.6. The fraction of sp³-hybridized carbons (Fsp3) is 0.429. The highest BCUT2D eigenvalue weighted by Crippen LogP contribution is 2.14. The minimum atomic E-state index is -0.500. The summed E-state index contributed by atoms with van der Waals surface area (Å²) in [7, 11) is 1.48. The molecule has 104 valence electrons. The third-order valence-electron chi connectivity index (χ3n) is 2.67. The Labute approximate surface area is 113 Å². The number of carbonyl (C=O) groups excluding carboxylic acids is 2. The highest BCUT2D eigenvalue weighted by molar-refractivity contribution is 5.95. The van der Waals surface area contributed by atoms with Crippen LogP contribution in [0.2, 0.25) is 0 Å². The smallest absolute Gasteiger partial charge is 0.253 e. The van der Waals surface area contributed by atoms with Crippen molar-refractivity contribution in [2.24, 2.45) is 5.92 Å². The molecule has 1 atom stereocenters. The molecule has 0 saturated heterocycles. The summed E-state index contributed by atoms with van der Waals surface area (Å²) in [6.07, 6.45) is -0.500. The zero-order chi connectivity index (χ0) is 14.4. The number of methoxy groups -OCH3 is 1. The van der Waals surface area contributed by atoms with Crippen LogP contribution in [-0.2, 0) is 14.3 Å². The zero-order valence-corrected chi connectivity index (χ0v) is 11.7. The van der Waals surface area contributed by atoms with Crippen LogP contribution in [0.15, 0.2) is 24.3 Å². The van der Waals surface area contributed by atoms with Crippen molar-refractivity contribution in [3.05, 3.63) is 24.3 Å². The first kappa shape index (κ1) is 15.2. The van der Waals surface area contributed by atoms with Crippen LogP contribution < -0.4 is 10.6 Å². The van der Waals surface area contributed by atoms with Crippen LogP contribution in [0, 0.1) is 5.92 Å². The second-order valence-corrected chi connectivity index (χ2v) is 4.59. The van der Waals surface area contributed by atoms with E-state index < -0.39 is 6.10 Å². The molecule has 1 unspecified atom stereocenters. The average Bonchev–Trinajstić information content (AvgIpc) is 2.39. The zero-order valence-electron chi connectivity index (χ0n) is 11.7. The van der Waals surface area contributed by atoms with Gasteiger partial charge in [-0.1, -0.05) is 13.8 Å². The second-order valence-electron chi connectivity index (χ2n) is 4.59. The Bertz CT molecular complexity index is 441. The van der Waals surface area contributed by atoms with Gasteiger partial charge < -0.3 is 15.4 Å². The summed E-state index contributed by atoms with van der Waals surface area (Å²) in [5, 5.41) is 5.50. The SMILES string of the molecule is COC(C)C(=O)Nc1ccc(NC(=O)C(C)C)cc1. The molecule has 2 amide bonds. The van der Waals surface area contributed by atoms with Gasteiger partial charge in [-0.15, -0.1) is 0 Å². The lowest BCUT2D eigenvalue weighted by Gasteiger charge is -2.11. The number of benzene rings is 1. The van der Waals surface area contributed by atoms with Gasteiger partial charge in [0.05, 0.1) is 0 Å². The van der Waals surface area contributed by atoms with Gasteiger partial charge in [-0.3, -0.25) is 9.59 Å². The molecule has 0 bridgehead atoms. The van der Waals surface area contributed by atoms with Gasteiger partial charge in [0.1, 0.15) is 6.10 Å². The fourth-order valence-electron chi connectivity index (χ4n) is 1.27. The Morgan fingerprint density at radius 3 is 1.74 bits per heavy atom. The number of carbonyl (C=O) groups is 2. The van der Waals surface area contributed by atoms with E-state index >= 15 is 0 Å². The third-order valence-corrected chi connectivity index (χ3v) is 2.67. The van der Waals surface area contributed by atoms with Crippen molar-refractivity contribution in [3.63, 3.8) is 0 Å². The molecule has 1 aromatic carbocycles. The first-order valence-electron chi connectivity index (χ1n) is 6.18. The molecule has 0 fully saturated rings. The summed E-state index contributed by atoms with van der Waals surface area (Å²) in [6.45, 7) is 5.33. The Hall–Kier alpha value is -1.88. The van der Waals surface area contributed by atoms with Crippen LogP contribution >= 0.6 is 0 Å². The van der Waals surface area contributed by atoms with Gasteiger partial charge in [-0.2, -0.15) is 0 Å². The molecule has 0 radical (unpaired) electrons. The molecule has 5 heteroatoms. The number of ether oxygens (including phenoxy) is 1. The molecule has 0 saturated carbocycles. The van der Waals surface area contributed by atoms with Crippen molar-refractivity contribution in [3.8, 4) is 0 Å². The van der Waals surface area contributed by atoms with E-state index in [1.54, 1.807) is 31.2 Å². The Morgan fingerprint density at radius 2 is 1.37 bits per heavy atom. The second kappa shape index (κ2) is 6.89. The Balaban J connectivity index is 2.62. The molecule has 2 N–H and O–H groups in total. The van der Waals surface area contributed by atoms with Crippen molar-refractivity contribution < 1.29 is 14.3 Å². The number of rotatable bonds is 5. The predicted molar refractivity (Wildman–Crippen MR) is 75.0 cm³/mol. The Kier molecular flexibility index (Phi) is 5.51. The van der Waals surface area contributed by atoms with Gasteiger partial charge >= 0.3 is 0 Å². The van der Waals surface area contributed by atoms with E-state index in [1.165, 1.54) is 7.11 Å². The molecular formula is C14H20N2O3. The van der Waals surface area contributed by atoms with E-state index in [4.69, 9.17) is 4.74 Å². The van der Waals surface area contributed by atoms with Gasteiger partial charge in [-0.05, 0) is 31.2 Å². The molecule has 19 heavy (non-hydrogen) atoms. The average molecular weight is 264 g/mol. The van der Waals surface area contributed by atoms with E-state index in [9.17, 15) is 9.59 Å². The van der Waals surface area contributed by atoms with E-state index in [0.29, 0.717) is 11.4 Å². The predicted octanol–water partition coefficient (Wildman–Crippen LogP) is 2.25. The fourth-order valence-corrected chi connectivity index (χ4v) is 1.27. The lowest BCUT2D eigenvalue weighted by molar-refractivity contribution is -0.124. The lowest BCUT2D eigenvalue weighted by atomic mass is 10.2. The van der Waals surface area contributed by atoms with E-state index in [2.05, 4.69) is 10.6 Å². The van der Waals surface area contributed by atoms with Crippen LogP contribution in [0.25, 0.3) is 0 Å². The minimum Gasteiger partial charge on any atom is -0.372 e. The van der Waals surface area contributed by atoms with E-state index in [0.717, 1.165) is 0 Å². The summed E-state index contributed by atoms with van der Waals surface area (Å²) < 4.78 is 4.92. The number of amides is 2. The molecule has 5 nitrogen and oxygen atoms in total. The van der Waals surface area contributed by atoms with Crippen LogP contribution in [0.5, 0.6) is 0 Å². The first-order valence-corrected chi connectivity index (χ1v) is 6.18. The molecular weight excluding hydrogens is 244 g/mol. The van der Waals surface area contributed by atoms with Gasteiger partial charge in [0.2, 0.25) is 5.91 Å². The van der Waals surface area contributed by atoms with Gasteiger partial charge in [0.25, 0.3) is 5.91 Å². The molecule has 0 aromatic heterocycles. The standard InChI is InChI=1S/C14H20N2O3/c1-9(2)13(17)15-11-5-7-12(8-6-11)16-14(18)10(3)19-4/h5-10H,1-4H3,(H,15,17)(H,16,18). The largest absolute Gasteiger partial charge is 0.372 e. The first-order chi connectivity index (χ1) is 8.93. The van der Waals surface area contributed by atoms with Crippen LogP contribution in [0.3, 0.4) is 0 Å². The normalized spacial score (nSPS) is 12.1. The molecule has 0 spiro atoms. The van der Waals surface area contributed by atoms with Crippen molar-refractivity contribution in [2.45, 2.75) is 26.9 Å². The van der Waals surface area contributed by atoms with Gasteiger partial charge in [-0.25, -0.2) is 0 Å². The number of nitrogens with one attached hydrogen (secondary N) is 2. The monoisotopic (exact) mass is 264 g/mol. The molecule has 0 aliphatic rings. The topological polar surface area (TPSA) is 67.4 Å². The van der Waals surface area contributed by atoms with E-state index in [1.807, 2.05) is 13.8 Å². The molecule has 0 aliphatic heterocycles. The molecule has 1 aromatic rings. The van der Waals surface area contributed by atoms with Crippen LogP contribution in [-0.4, -0.2) is 25.0 Å². The Morgan fingerprint density at radius 1 is 0.947 bits per heavy atom. The van der Waals surface area contributed by atoms with Crippen molar-refractivity contribution in [2.75, 3.05) is 17.7 Å². The quantitative estimate of drug-likeness (QED) is 0.857. The summed E-state index contributed by atoms with van der Waals surface area (Å²) in [6, 6.07) is 6.95. The summed E-state index contributed by atoms with van der Waals surface area (Å²) in [4.78, 5) is 23.1. The number of anilines is 2.